The molecule has 2 rings (SSSR count). The van der Waals surface area contributed by atoms with E-state index in [9.17, 15) is 0 Å². The molecule has 0 amide bonds. The number of rotatable bonds is 3. The van der Waals surface area contributed by atoms with E-state index in [0.29, 0.717) is 0 Å². The van der Waals surface area contributed by atoms with Crippen LogP contribution in [0.4, 0.5) is 0 Å². The molecule has 1 heterocycles. The summed E-state index contributed by atoms with van der Waals surface area (Å²) in [5, 5.41) is 3.47. The molecule has 0 saturated heterocycles. The molecular formula is C18H25NO. The Labute approximate surface area is 122 Å². The Bertz CT molecular complexity index is 614. The van der Waals surface area contributed by atoms with Crippen LogP contribution in [0.15, 0.2) is 16.5 Å². The lowest BCUT2D eigenvalue weighted by molar-refractivity contribution is 0.495. The van der Waals surface area contributed by atoms with Crippen molar-refractivity contribution in [2.45, 2.75) is 47.6 Å². The van der Waals surface area contributed by atoms with Gasteiger partial charge in [-0.25, -0.2) is 0 Å². The van der Waals surface area contributed by atoms with Gasteiger partial charge in [-0.1, -0.05) is 17.7 Å². The minimum atomic E-state index is 0.188. The molecule has 0 aliphatic rings. The molecule has 1 atom stereocenters. The smallest absolute Gasteiger partial charge is 0.106 e. The monoisotopic (exact) mass is 271 g/mol. The predicted octanol–water partition coefficient (Wildman–Crippen LogP) is 4.44. The van der Waals surface area contributed by atoms with Crippen molar-refractivity contribution in [2.24, 2.45) is 0 Å². The summed E-state index contributed by atoms with van der Waals surface area (Å²) in [5.41, 5.74) is 7.88. The van der Waals surface area contributed by atoms with Crippen molar-refractivity contribution in [3.8, 4) is 0 Å². The van der Waals surface area contributed by atoms with Gasteiger partial charge >= 0.3 is 0 Å². The van der Waals surface area contributed by atoms with E-state index >= 15 is 0 Å². The lowest BCUT2D eigenvalue weighted by atomic mass is 9.88. The number of benzene rings is 1. The zero-order chi connectivity index (χ0) is 15.0. The van der Waals surface area contributed by atoms with Gasteiger partial charge in [0.05, 0.1) is 6.04 Å². The zero-order valence-corrected chi connectivity index (χ0v) is 13.6. The van der Waals surface area contributed by atoms with Gasteiger partial charge in [-0.15, -0.1) is 0 Å². The van der Waals surface area contributed by atoms with Gasteiger partial charge in [0.2, 0.25) is 0 Å². The van der Waals surface area contributed by atoms with Crippen LogP contribution in [0.5, 0.6) is 0 Å². The molecule has 0 fully saturated rings. The second-order valence-corrected chi connectivity index (χ2v) is 5.79. The van der Waals surface area contributed by atoms with Gasteiger partial charge in [-0.2, -0.15) is 0 Å². The van der Waals surface area contributed by atoms with E-state index in [1.54, 1.807) is 0 Å². The summed E-state index contributed by atoms with van der Waals surface area (Å²) in [6, 6.07) is 4.70. The van der Waals surface area contributed by atoms with Crippen molar-refractivity contribution in [3.05, 3.63) is 57.0 Å². The molecule has 0 spiro atoms. The van der Waals surface area contributed by atoms with E-state index in [4.69, 9.17) is 4.42 Å². The molecule has 0 aliphatic heterocycles. The molecule has 0 radical (unpaired) electrons. The lowest BCUT2D eigenvalue weighted by Crippen LogP contribution is -2.21. The van der Waals surface area contributed by atoms with Crippen molar-refractivity contribution < 1.29 is 4.42 Å². The largest absolute Gasteiger partial charge is 0.466 e. The van der Waals surface area contributed by atoms with E-state index in [1.807, 2.05) is 14.0 Å². The number of nitrogens with one attached hydrogen (secondary N) is 1. The highest BCUT2D eigenvalue weighted by atomic mass is 16.3. The summed E-state index contributed by atoms with van der Waals surface area (Å²) in [6.45, 7) is 12.8. The summed E-state index contributed by atoms with van der Waals surface area (Å²) < 4.78 is 5.81. The fourth-order valence-electron chi connectivity index (χ4n) is 3.31. The normalized spacial score (nSPS) is 12.8. The first-order chi connectivity index (χ1) is 9.36. The van der Waals surface area contributed by atoms with Gasteiger partial charge < -0.3 is 9.73 Å². The quantitative estimate of drug-likeness (QED) is 0.893. The average molecular weight is 271 g/mol. The van der Waals surface area contributed by atoms with E-state index in [0.717, 1.165) is 11.5 Å². The first-order valence-electron chi connectivity index (χ1n) is 7.18. The van der Waals surface area contributed by atoms with Gasteiger partial charge in [-0.3, -0.25) is 0 Å². The molecular weight excluding hydrogens is 246 g/mol. The van der Waals surface area contributed by atoms with Crippen LogP contribution >= 0.6 is 0 Å². The van der Waals surface area contributed by atoms with Gasteiger partial charge in [0.25, 0.3) is 0 Å². The van der Waals surface area contributed by atoms with Gasteiger partial charge in [0, 0.05) is 5.56 Å². The fourth-order valence-corrected chi connectivity index (χ4v) is 3.31. The standard InChI is InChI=1S/C18H25NO/c1-10-8-11(2)16(12(3)9-10)18(19-7)17-13(4)14(5)20-15(17)6/h8-9,18-19H,1-7H3. The van der Waals surface area contributed by atoms with Crippen LogP contribution in [-0.4, -0.2) is 7.05 Å². The Kier molecular flexibility index (Phi) is 4.05. The van der Waals surface area contributed by atoms with Crippen molar-refractivity contribution in [3.63, 3.8) is 0 Å². The first kappa shape index (κ1) is 14.9. The van der Waals surface area contributed by atoms with Crippen LogP contribution in [-0.2, 0) is 0 Å². The highest BCUT2D eigenvalue weighted by molar-refractivity contribution is 5.47. The molecule has 1 aromatic heterocycles. The number of aryl methyl sites for hydroxylation is 5. The minimum Gasteiger partial charge on any atom is -0.466 e. The van der Waals surface area contributed by atoms with Crippen LogP contribution < -0.4 is 5.32 Å². The van der Waals surface area contributed by atoms with Crippen molar-refractivity contribution in [2.75, 3.05) is 7.05 Å². The Balaban J connectivity index is 2.65. The third-order valence-corrected chi connectivity index (χ3v) is 4.22. The second kappa shape index (κ2) is 5.45. The van der Waals surface area contributed by atoms with Crippen LogP contribution in [0.25, 0.3) is 0 Å². The SMILES string of the molecule is CNC(c1c(C)cc(C)cc1C)c1c(C)oc(C)c1C. The lowest BCUT2D eigenvalue weighted by Gasteiger charge is -2.22. The molecule has 2 aromatic rings. The first-order valence-corrected chi connectivity index (χ1v) is 7.18. The molecule has 2 nitrogen and oxygen atoms in total. The maximum Gasteiger partial charge on any atom is 0.106 e. The molecule has 0 saturated carbocycles. The minimum absolute atomic E-state index is 0.188. The van der Waals surface area contributed by atoms with Crippen LogP contribution in [0.1, 0.15) is 50.9 Å². The van der Waals surface area contributed by atoms with Crippen molar-refractivity contribution in [1.82, 2.24) is 5.32 Å². The molecule has 1 N–H and O–H groups in total. The van der Waals surface area contributed by atoms with Crippen LogP contribution in [0.2, 0.25) is 0 Å². The highest BCUT2D eigenvalue weighted by Gasteiger charge is 2.24. The average Bonchev–Trinajstić information content (AvgIpc) is 2.59. The highest BCUT2D eigenvalue weighted by Crippen LogP contribution is 2.34. The zero-order valence-electron chi connectivity index (χ0n) is 13.6. The van der Waals surface area contributed by atoms with Gasteiger partial charge in [-0.05, 0) is 70.8 Å². The van der Waals surface area contributed by atoms with E-state index < -0.39 is 0 Å². The van der Waals surface area contributed by atoms with E-state index in [2.05, 4.69) is 52.1 Å². The maximum atomic E-state index is 5.81. The summed E-state index contributed by atoms with van der Waals surface area (Å²) in [5.74, 6) is 2.03. The second-order valence-electron chi connectivity index (χ2n) is 5.79. The molecule has 108 valence electrons. The van der Waals surface area contributed by atoms with E-state index in [1.165, 1.54) is 33.4 Å². The van der Waals surface area contributed by atoms with Crippen molar-refractivity contribution >= 4 is 0 Å². The maximum absolute atomic E-state index is 5.81. The molecule has 0 aliphatic carbocycles. The van der Waals surface area contributed by atoms with Gasteiger partial charge in [0.1, 0.15) is 11.5 Å². The van der Waals surface area contributed by atoms with E-state index in [-0.39, 0.29) is 6.04 Å². The molecule has 0 bridgehead atoms. The fraction of sp³-hybridized carbons (Fsp3) is 0.444. The third kappa shape index (κ3) is 2.40. The Morgan fingerprint density at radius 1 is 0.850 bits per heavy atom. The molecule has 2 heteroatoms. The Morgan fingerprint density at radius 2 is 1.40 bits per heavy atom. The Morgan fingerprint density at radius 3 is 1.80 bits per heavy atom. The number of hydrogen-bond acceptors (Lipinski definition) is 2. The predicted molar refractivity (Wildman–Crippen MR) is 84.5 cm³/mol. The topological polar surface area (TPSA) is 25.2 Å². The summed E-state index contributed by atoms with van der Waals surface area (Å²) >= 11 is 0. The van der Waals surface area contributed by atoms with Crippen LogP contribution in [0, 0.1) is 41.5 Å². The Hall–Kier alpha value is -1.54. The number of hydrogen-bond donors (Lipinski definition) is 1. The number of furan rings is 1. The molecule has 20 heavy (non-hydrogen) atoms. The summed E-state index contributed by atoms with van der Waals surface area (Å²) in [7, 11) is 2.02. The molecule has 1 aromatic carbocycles. The summed E-state index contributed by atoms with van der Waals surface area (Å²) in [6.07, 6.45) is 0. The molecule has 1 unspecified atom stereocenters. The summed E-state index contributed by atoms with van der Waals surface area (Å²) in [4.78, 5) is 0. The third-order valence-electron chi connectivity index (χ3n) is 4.22. The van der Waals surface area contributed by atoms with Crippen LogP contribution in [0.3, 0.4) is 0 Å². The van der Waals surface area contributed by atoms with Gasteiger partial charge in [0.15, 0.2) is 0 Å². The van der Waals surface area contributed by atoms with Crippen molar-refractivity contribution in [1.29, 1.82) is 0 Å².